The summed E-state index contributed by atoms with van der Waals surface area (Å²) in [6, 6.07) is 0. The summed E-state index contributed by atoms with van der Waals surface area (Å²) in [6.07, 6.45) is 4.03. The van der Waals surface area contributed by atoms with Gasteiger partial charge >= 0.3 is 0 Å². The third-order valence-corrected chi connectivity index (χ3v) is 4.24. The van der Waals surface area contributed by atoms with E-state index in [1.54, 1.807) is 0 Å². The Bertz CT molecular complexity index is 200. The summed E-state index contributed by atoms with van der Waals surface area (Å²) in [5.74, 6) is 0.896. The summed E-state index contributed by atoms with van der Waals surface area (Å²) in [5, 5.41) is 0. The number of likely N-dealkylation sites (N-methyl/N-ethyl adjacent to an activating group) is 2. The minimum Gasteiger partial charge on any atom is -0.305 e. The van der Waals surface area contributed by atoms with Gasteiger partial charge in [0.2, 0.25) is 0 Å². The molecule has 1 fully saturated rings. The predicted octanol–water partition coefficient (Wildman–Crippen LogP) is 1.99. The van der Waals surface area contributed by atoms with Gasteiger partial charge in [0, 0.05) is 45.8 Å². The quantitative estimate of drug-likeness (QED) is 0.657. The van der Waals surface area contributed by atoms with Gasteiger partial charge < -0.3 is 9.80 Å². The van der Waals surface area contributed by atoms with Gasteiger partial charge in [0.25, 0.3) is 0 Å². The largest absolute Gasteiger partial charge is 0.305 e. The van der Waals surface area contributed by atoms with E-state index in [1.165, 1.54) is 65.1 Å². The first-order chi connectivity index (χ1) is 8.65. The molecule has 0 N–H and O–H groups in total. The molecular weight excluding hydrogens is 222 g/mol. The van der Waals surface area contributed by atoms with Crippen LogP contribution in [-0.2, 0) is 0 Å². The fourth-order valence-electron chi connectivity index (χ4n) is 2.75. The molecule has 108 valence electrons. The molecule has 1 saturated heterocycles. The van der Waals surface area contributed by atoms with Crippen molar-refractivity contribution in [1.29, 1.82) is 0 Å². The van der Waals surface area contributed by atoms with Gasteiger partial charge in [-0.15, -0.1) is 0 Å². The Hall–Kier alpha value is -0.120. The number of piperazine rings is 1. The lowest BCUT2D eigenvalue weighted by Crippen LogP contribution is -2.46. The molecule has 1 atom stereocenters. The number of nitrogens with zero attached hydrogens (tertiary/aromatic N) is 3. The Balaban J connectivity index is 2.14. The van der Waals surface area contributed by atoms with Crippen molar-refractivity contribution in [1.82, 2.24) is 14.7 Å². The second-order valence-corrected chi connectivity index (χ2v) is 5.97. The highest BCUT2D eigenvalue weighted by molar-refractivity contribution is 4.71. The van der Waals surface area contributed by atoms with E-state index in [9.17, 15) is 0 Å². The highest BCUT2D eigenvalue weighted by atomic mass is 15.3. The van der Waals surface area contributed by atoms with E-state index in [0.717, 1.165) is 5.92 Å². The molecule has 0 amide bonds. The monoisotopic (exact) mass is 255 g/mol. The molecule has 0 aliphatic carbocycles. The van der Waals surface area contributed by atoms with E-state index >= 15 is 0 Å². The smallest absolute Gasteiger partial charge is 0.0110 e. The van der Waals surface area contributed by atoms with Crippen LogP contribution in [0.3, 0.4) is 0 Å². The summed E-state index contributed by atoms with van der Waals surface area (Å²) in [4.78, 5) is 7.56. The van der Waals surface area contributed by atoms with Gasteiger partial charge in [-0.2, -0.15) is 0 Å². The fraction of sp³-hybridized carbons (Fsp3) is 1.00. The molecule has 0 aromatic rings. The van der Waals surface area contributed by atoms with E-state index in [1.807, 2.05) is 0 Å². The van der Waals surface area contributed by atoms with Gasteiger partial charge in [0.15, 0.2) is 0 Å². The summed E-state index contributed by atoms with van der Waals surface area (Å²) in [6.45, 7) is 13.3. The second kappa shape index (κ2) is 8.89. The number of hydrogen-bond acceptors (Lipinski definition) is 3. The molecule has 0 radical (unpaired) electrons. The van der Waals surface area contributed by atoms with Crippen LogP contribution in [-0.4, -0.2) is 74.6 Å². The minimum absolute atomic E-state index is 0.896. The lowest BCUT2D eigenvalue weighted by molar-refractivity contribution is 0.136. The zero-order chi connectivity index (χ0) is 13.4. The van der Waals surface area contributed by atoms with Gasteiger partial charge in [-0.3, -0.25) is 4.90 Å². The molecule has 0 spiro atoms. The van der Waals surface area contributed by atoms with E-state index in [4.69, 9.17) is 0 Å². The highest BCUT2D eigenvalue weighted by Crippen LogP contribution is 2.11. The highest BCUT2D eigenvalue weighted by Gasteiger charge is 2.14. The lowest BCUT2D eigenvalue weighted by Gasteiger charge is -2.33. The molecular formula is C15H33N3. The van der Waals surface area contributed by atoms with Crippen LogP contribution >= 0.6 is 0 Å². The fourth-order valence-corrected chi connectivity index (χ4v) is 2.75. The maximum atomic E-state index is 2.61. The standard InChI is InChI=1S/C15H33N3/c1-5-7-15(6-2)14-17(4)10-13-18-11-8-16(3)9-12-18/h15H,5-14H2,1-4H3. The molecule has 3 nitrogen and oxygen atoms in total. The van der Waals surface area contributed by atoms with Crippen molar-refractivity contribution in [2.24, 2.45) is 5.92 Å². The minimum atomic E-state index is 0.896. The summed E-state index contributed by atoms with van der Waals surface area (Å²) in [5.41, 5.74) is 0. The number of rotatable bonds is 8. The van der Waals surface area contributed by atoms with Crippen LogP contribution in [0, 0.1) is 5.92 Å². The van der Waals surface area contributed by atoms with Gasteiger partial charge in [-0.25, -0.2) is 0 Å². The van der Waals surface area contributed by atoms with E-state index < -0.39 is 0 Å². The first-order valence-electron chi connectivity index (χ1n) is 7.75. The summed E-state index contributed by atoms with van der Waals surface area (Å²) < 4.78 is 0. The van der Waals surface area contributed by atoms with E-state index in [2.05, 4.69) is 42.6 Å². The van der Waals surface area contributed by atoms with Crippen molar-refractivity contribution in [2.45, 2.75) is 33.1 Å². The Morgan fingerprint density at radius 2 is 1.78 bits per heavy atom. The normalized spacial score (nSPS) is 20.5. The SMILES string of the molecule is CCCC(CC)CN(C)CCN1CCN(C)CC1. The van der Waals surface area contributed by atoms with Crippen molar-refractivity contribution in [2.75, 3.05) is 59.9 Å². The Morgan fingerprint density at radius 3 is 2.33 bits per heavy atom. The third kappa shape index (κ3) is 6.17. The van der Waals surface area contributed by atoms with Gasteiger partial charge in [0.05, 0.1) is 0 Å². The van der Waals surface area contributed by atoms with Crippen molar-refractivity contribution in [3.8, 4) is 0 Å². The van der Waals surface area contributed by atoms with Gasteiger partial charge in [-0.1, -0.05) is 26.7 Å². The van der Waals surface area contributed by atoms with Crippen molar-refractivity contribution in [3.63, 3.8) is 0 Å². The molecule has 1 unspecified atom stereocenters. The van der Waals surface area contributed by atoms with E-state index in [-0.39, 0.29) is 0 Å². The van der Waals surface area contributed by atoms with Crippen LogP contribution in [0.2, 0.25) is 0 Å². The van der Waals surface area contributed by atoms with Crippen LogP contribution in [0.1, 0.15) is 33.1 Å². The van der Waals surface area contributed by atoms with Crippen molar-refractivity contribution >= 4 is 0 Å². The van der Waals surface area contributed by atoms with Gasteiger partial charge in [0.1, 0.15) is 0 Å². The zero-order valence-electron chi connectivity index (χ0n) is 13.0. The Labute approximate surface area is 114 Å². The number of hydrogen-bond donors (Lipinski definition) is 0. The molecule has 3 heteroatoms. The Kier molecular flexibility index (Phi) is 7.87. The molecule has 1 aliphatic rings. The van der Waals surface area contributed by atoms with Crippen LogP contribution in [0.25, 0.3) is 0 Å². The second-order valence-electron chi connectivity index (χ2n) is 5.97. The van der Waals surface area contributed by atoms with Crippen molar-refractivity contribution < 1.29 is 0 Å². The molecule has 1 heterocycles. The molecule has 0 aromatic heterocycles. The average Bonchev–Trinajstić information content (AvgIpc) is 2.37. The first kappa shape index (κ1) is 15.9. The summed E-state index contributed by atoms with van der Waals surface area (Å²) >= 11 is 0. The topological polar surface area (TPSA) is 9.72 Å². The van der Waals surface area contributed by atoms with Crippen LogP contribution in [0.15, 0.2) is 0 Å². The van der Waals surface area contributed by atoms with E-state index in [0.29, 0.717) is 0 Å². The maximum Gasteiger partial charge on any atom is 0.0110 e. The van der Waals surface area contributed by atoms with Crippen LogP contribution in [0.4, 0.5) is 0 Å². The molecule has 0 saturated carbocycles. The average molecular weight is 255 g/mol. The first-order valence-corrected chi connectivity index (χ1v) is 7.75. The zero-order valence-corrected chi connectivity index (χ0v) is 13.0. The van der Waals surface area contributed by atoms with Crippen LogP contribution in [0.5, 0.6) is 0 Å². The lowest BCUT2D eigenvalue weighted by atomic mass is 10.0. The predicted molar refractivity (Wildman–Crippen MR) is 80.1 cm³/mol. The summed E-state index contributed by atoms with van der Waals surface area (Å²) in [7, 11) is 4.51. The Morgan fingerprint density at radius 1 is 1.11 bits per heavy atom. The molecule has 0 aromatic carbocycles. The van der Waals surface area contributed by atoms with Gasteiger partial charge in [-0.05, 0) is 26.4 Å². The van der Waals surface area contributed by atoms with Crippen molar-refractivity contribution in [3.05, 3.63) is 0 Å². The third-order valence-electron chi connectivity index (χ3n) is 4.24. The maximum absolute atomic E-state index is 2.61. The molecule has 1 rings (SSSR count). The van der Waals surface area contributed by atoms with Crippen LogP contribution < -0.4 is 0 Å². The molecule has 1 aliphatic heterocycles. The molecule has 0 bridgehead atoms. The molecule has 18 heavy (non-hydrogen) atoms.